The van der Waals surface area contributed by atoms with Gasteiger partial charge in [-0.3, -0.25) is 14.2 Å². The number of carbonyl (C=O) groups is 1. The molecule has 0 saturated carbocycles. The van der Waals surface area contributed by atoms with Gasteiger partial charge >= 0.3 is 5.97 Å². The largest absolute Gasteiger partial charge is 0.481 e. The number of rotatable bonds is 7. The van der Waals surface area contributed by atoms with Crippen LogP contribution in [0.4, 0.5) is 11.4 Å². The standard InChI is InChI=1S/C23H28N4O4S/c1-15(2)13-27-16(3)22(12-24-27)32(30,31)25-20-8-9-21(19-7-5-4-6-18(19)20)26-11-10-17(14-26)23(28)29/h4-9,12,15,17,25H,10-11,13-14H2,1-3H3,(H,28,29). The van der Waals surface area contributed by atoms with Crippen LogP contribution in [0.1, 0.15) is 26.0 Å². The van der Waals surface area contributed by atoms with Gasteiger partial charge in [0.25, 0.3) is 10.0 Å². The minimum atomic E-state index is -3.83. The molecule has 0 radical (unpaired) electrons. The summed E-state index contributed by atoms with van der Waals surface area (Å²) in [6, 6.07) is 11.2. The molecule has 0 aliphatic carbocycles. The Hall–Kier alpha value is -3.07. The highest BCUT2D eigenvalue weighted by Crippen LogP contribution is 2.36. The summed E-state index contributed by atoms with van der Waals surface area (Å²) in [5, 5.41) is 15.2. The fraction of sp³-hybridized carbons (Fsp3) is 0.391. The SMILES string of the molecule is Cc1c(S(=O)(=O)Nc2ccc(N3CCC(C(=O)O)C3)c3ccccc23)cnn1CC(C)C. The van der Waals surface area contributed by atoms with Gasteiger partial charge in [0.15, 0.2) is 0 Å². The summed E-state index contributed by atoms with van der Waals surface area (Å²) >= 11 is 0. The number of benzene rings is 2. The first kappa shape index (κ1) is 22.1. The summed E-state index contributed by atoms with van der Waals surface area (Å²) in [6.45, 7) is 7.61. The predicted octanol–water partition coefficient (Wildman–Crippen LogP) is 3.71. The van der Waals surface area contributed by atoms with E-state index in [1.54, 1.807) is 17.7 Å². The molecule has 1 fully saturated rings. The zero-order valence-electron chi connectivity index (χ0n) is 18.4. The minimum absolute atomic E-state index is 0.162. The van der Waals surface area contributed by atoms with E-state index in [4.69, 9.17) is 0 Å². The van der Waals surface area contributed by atoms with Crippen LogP contribution in [-0.2, 0) is 21.4 Å². The molecule has 1 atom stereocenters. The van der Waals surface area contributed by atoms with Crippen molar-refractivity contribution in [3.8, 4) is 0 Å². The Kier molecular flexibility index (Phi) is 5.85. The number of carboxylic acid groups (broad SMARTS) is 1. The molecule has 2 aromatic carbocycles. The smallest absolute Gasteiger partial charge is 0.308 e. The number of carboxylic acids is 1. The number of hydrogen-bond donors (Lipinski definition) is 2. The molecule has 8 nitrogen and oxygen atoms in total. The number of sulfonamides is 1. The fourth-order valence-electron chi connectivity index (χ4n) is 4.25. The third kappa shape index (κ3) is 4.17. The van der Waals surface area contributed by atoms with Crippen molar-refractivity contribution in [2.45, 2.75) is 38.6 Å². The third-order valence-electron chi connectivity index (χ3n) is 5.91. The molecule has 1 unspecified atom stereocenters. The van der Waals surface area contributed by atoms with Crippen molar-refractivity contribution in [2.24, 2.45) is 11.8 Å². The van der Waals surface area contributed by atoms with Gasteiger partial charge in [0.05, 0.1) is 23.5 Å². The molecule has 1 aliphatic heterocycles. The number of aromatic nitrogens is 2. The van der Waals surface area contributed by atoms with Gasteiger partial charge in [-0.15, -0.1) is 0 Å². The third-order valence-corrected chi connectivity index (χ3v) is 7.38. The maximum atomic E-state index is 13.2. The summed E-state index contributed by atoms with van der Waals surface area (Å²) in [4.78, 5) is 13.6. The first-order valence-corrected chi connectivity index (χ1v) is 12.2. The van der Waals surface area contributed by atoms with Gasteiger partial charge in [0.1, 0.15) is 4.90 Å². The summed E-state index contributed by atoms with van der Waals surface area (Å²) in [7, 11) is -3.83. The Balaban J connectivity index is 1.68. The molecule has 0 spiro atoms. The summed E-state index contributed by atoms with van der Waals surface area (Å²) in [5.41, 5.74) is 1.99. The lowest BCUT2D eigenvalue weighted by atomic mass is 10.1. The van der Waals surface area contributed by atoms with Crippen LogP contribution in [0.25, 0.3) is 10.8 Å². The van der Waals surface area contributed by atoms with Crippen LogP contribution in [0, 0.1) is 18.8 Å². The molecule has 170 valence electrons. The van der Waals surface area contributed by atoms with Crippen LogP contribution in [0.3, 0.4) is 0 Å². The van der Waals surface area contributed by atoms with Gasteiger partial charge in [0, 0.05) is 36.1 Å². The van der Waals surface area contributed by atoms with E-state index in [0.29, 0.717) is 43.4 Å². The van der Waals surface area contributed by atoms with Gasteiger partial charge in [-0.25, -0.2) is 8.42 Å². The lowest BCUT2D eigenvalue weighted by Crippen LogP contribution is -2.23. The molecule has 2 heterocycles. The lowest BCUT2D eigenvalue weighted by Gasteiger charge is -2.22. The zero-order valence-corrected chi connectivity index (χ0v) is 19.3. The van der Waals surface area contributed by atoms with Crippen molar-refractivity contribution < 1.29 is 18.3 Å². The van der Waals surface area contributed by atoms with E-state index in [-0.39, 0.29) is 4.90 Å². The second-order valence-corrected chi connectivity index (χ2v) is 10.4. The van der Waals surface area contributed by atoms with Crippen molar-refractivity contribution in [1.82, 2.24) is 9.78 Å². The molecule has 32 heavy (non-hydrogen) atoms. The Labute approximate surface area is 187 Å². The molecular weight excluding hydrogens is 428 g/mol. The van der Waals surface area contributed by atoms with E-state index in [1.165, 1.54) is 6.20 Å². The molecule has 0 amide bonds. The average molecular weight is 457 g/mol. The van der Waals surface area contributed by atoms with Gasteiger partial charge in [-0.1, -0.05) is 38.1 Å². The van der Waals surface area contributed by atoms with Crippen LogP contribution in [0.2, 0.25) is 0 Å². The molecule has 1 aromatic heterocycles. The monoisotopic (exact) mass is 456 g/mol. The molecule has 9 heteroatoms. The van der Waals surface area contributed by atoms with Crippen LogP contribution >= 0.6 is 0 Å². The summed E-state index contributed by atoms with van der Waals surface area (Å²) < 4.78 is 30.8. The van der Waals surface area contributed by atoms with Crippen LogP contribution in [0.5, 0.6) is 0 Å². The van der Waals surface area contributed by atoms with Gasteiger partial charge in [-0.05, 0) is 31.4 Å². The zero-order chi connectivity index (χ0) is 23.0. The van der Waals surface area contributed by atoms with Crippen molar-refractivity contribution in [2.75, 3.05) is 22.7 Å². The van der Waals surface area contributed by atoms with Crippen LogP contribution < -0.4 is 9.62 Å². The Morgan fingerprint density at radius 2 is 1.94 bits per heavy atom. The first-order chi connectivity index (χ1) is 15.2. The van der Waals surface area contributed by atoms with E-state index < -0.39 is 21.9 Å². The molecule has 4 rings (SSSR count). The van der Waals surface area contributed by atoms with Gasteiger partial charge in [0.2, 0.25) is 0 Å². The fourth-order valence-corrected chi connectivity index (χ4v) is 5.51. The highest BCUT2D eigenvalue weighted by molar-refractivity contribution is 7.92. The van der Waals surface area contributed by atoms with Crippen molar-refractivity contribution in [3.05, 3.63) is 48.3 Å². The van der Waals surface area contributed by atoms with E-state index >= 15 is 0 Å². The second kappa shape index (κ2) is 8.46. The average Bonchev–Trinajstić information content (AvgIpc) is 3.36. The summed E-state index contributed by atoms with van der Waals surface area (Å²) in [6.07, 6.45) is 1.99. The molecule has 1 aliphatic rings. The van der Waals surface area contributed by atoms with Gasteiger partial charge in [-0.2, -0.15) is 5.10 Å². The number of aliphatic carboxylic acids is 1. The molecule has 1 saturated heterocycles. The van der Waals surface area contributed by atoms with Crippen LogP contribution in [-0.4, -0.2) is 42.4 Å². The number of fused-ring (bicyclic) bond motifs is 1. The quantitative estimate of drug-likeness (QED) is 0.562. The van der Waals surface area contributed by atoms with Gasteiger partial charge < -0.3 is 10.0 Å². The van der Waals surface area contributed by atoms with Crippen molar-refractivity contribution in [3.63, 3.8) is 0 Å². The lowest BCUT2D eigenvalue weighted by molar-refractivity contribution is -0.140. The number of nitrogens with one attached hydrogen (secondary N) is 1. The predicted molar refractivity (Wildman–Crippen MR) is 125 cm³/mol. The highest BCUT2D eigenvalue weighted by atomic mass is 32.2. The second-order valence-electron chi connectivity index (χ2n) is 8.72. The first-order valence-electron chi connectivity index (χ1n) is 10.7. The maximum absolute atomic E-state index is 13.2. The topological polar surface area (TPSA) is 105 Å². The normalized spacial score (nSPS) is 16.8. The van der Waals surface area contributed by atoms with Crippen LogP contribution in [0.15, 0.2) is 47.5 Å². The molecule has 0 bridgehead atoms. The van der Waals surface area contributed by atoms with Crippen molar-refractivity contribution in [1.29, 1.82) is 0 Å². The number of anilines is 2. The Bertz CT molecular complexity index is 1270. The van der Waals surface area contributed by atoms with E-state index in [1.807, 2.05) is 30.3 Å². The highest BCUT2D eigenvalue weighted by Gasteiger charge is 2.29. The van der Waals surface area contributed by atoms with E-state index in [0.717, 1.165) is 16.5 Å². The number of hydrogen-bond acceptors (Lipinski definition) is 5. The molecular formula is C23H28N4O4S. The number of nitrogens with zero attached hydrogens (tertiary/aromatic N) is 3. The molecule has 3 aromatic rings. The van der Waals surface area contributed by atoms with Crippen molar-refractivity contribution >= 4 is 38.1 Å². The Morgan fingerprint density at radius 3 is 2.59 bits per heavy atom. The molecule has 2 N–H and O–H groups in total. The van der Waals surface area contributed by atoms with E-state index in [9.17, 15) is 18.3 Å². The van der Waals surface area contributed by atoms with E-state index in [2.05, 4.69) is 28.6 Å². The summed E-state index contributed by atoms with van der Waals surface area (Å²) in [5.74, 6) is -0.827. The minimum Gasteiger partial charge on any atom is -0.481 e. The maximum Gasteiger partial charge on any atom is 0.308 e. The Morgan fingerprint density at radius 1 is 1.22 bits per heavy atom.